The van der Waals surface area contributed by atoms with E-state index in [2.05, 4.69) is 45.0 Å². The summed E-state index contributed by atoms with van der Waals surface area (Å²) in [5, 5.41) is 10.9. The molecule has 2 spiro atoms. The molecule has 1 heterocycles. The number of carbonyl (C=O) groups excluding carboxylic acids is 1. The van der Waals surface area contributed by atoms with Crippen molar-refractivity contribution < 1.29 is 16.1 Å². The fourth-order valence-corrected chi connectivity index (χ4v) is 11.8. The first kappa shape index (κ1) is 25.6. The maximum atomic E-state index is 12.5. The fraction of sp³-hybridized carbons (Fsp3) is 0.794. The van der Waals surface area contributed by atoms with Gasteiger partial charge in [0.1, 0.15) is 0 Å². The number of aliphatic hydroxyl groups excluding tert-OH is 1. The Morgan fingerprint density at radius 1 is 0.974 bits per heavy atom. The van der Waals surface area contributed by atoms with Crippen molar-refractivity contribution in [1.29, 1.82) is 0 Å². The van der Waals surface area contributed by atoms with Crippen LogP contribution >= 0.6 is 0 Å². The molecule has 4 heteroatoms. The highest BCUT2D eigenvalue weighted by Gasteiger charge is 2.80. The normalized spacial score (nSPS) is 48.1. The summed E-state index contributed by atoms with van der Waals surface area (Å²) in [5.41, 5.74) is 2.72. The van der Waals surface area contributed by atoms with E-state index >= 15 is 0 Å². The van der Waals surface area contributed by atoms with Crippen molar-refractivity contribution in [2.45, 2.75) is 117 Å². The first-order valence-electron chi connectivity index (χ1n) is 15.7. The Morgan fingerprint density at radius 2 is 1.74 bits per heavy atom. The molecule has 6 fully saturated rings. The van der Waals surface area contributed by atoms with E-state index in [1.54, 1.807) is 6.92 Å². The topological polar surface area (TPSA) is 49.8 Å². The molecule has 38 heavy (non-hydrogen) atoms. The molecule has 0 radical (unpaired) electrons. The summed E-state index contributed by atoms with van der Waals surface area (Å²) in [5.74, 6) is 3.16. The van der Waals surface area contributed by atoms with Gasteiger partial charge in [0.2, 0.25) is 5.91 Å². The van der Waals surface area contributed by atoms with E-state index in [9.17, 15) is 9.90 Å². The van der Waals surface area contributed by atoms with E-state index in [1.165, 1.54) is 56.9 Å². The average Bonchev–Trinajstić information content (AvgIpc) is 3.47. The van der Waals surface area contributed by atoms with Crippen LogP contribution in [0.2, 0.25) is 0 Å². The highest BCUT2D eigenvalue weighted by molar-refractivity contribution is 5.73. The first-order chi connectivity index (χ1) is 18.1. The van der Waals surface area contributed by atoms with Gasteiger partial charge in [-0.25, -0.2) is 0 Å². The van der Waals surface area contributed by atoms with Crippen LogP contribution in [0.5, 0.6) is 0 Å². The van der Waals surface area contributed by atoms with Crippen molar-refractivity contribution in [2.75, 3.05) is 6.54 Å². The molecule has 7 rings (SSSR count). The minimum atomic E-state index is -0.127. The molecule has 1 aromatic rings. The number of carbonyl (C=O) groups is 1. The second kappa shape index (κ2) is 8.56. The van der Waals surface area contributed by atoms with Crippen LogP contribution in [-0.4, -0.2) is 40.8 Å². The lowest BCUT2D eigenvalue weighted by atomic mass is 9.46. The summed E-state index contributed by atoms with van der Waals surface area (Å²) >= 11 is 0. The van der Waals surface area contributed by atoms with E-state index in [1.807, 2.05) is 11.0 Å². The third-order valence-electron chi connectivity index (χ3n) is 13.7. The summed E-state index contributed by atoms with van der Waals surface area (Å²) in [4.78, 5) is 14.5. The Labute approximate surface area is 231 Å². The lowest BCUT2D eigenvalue weighted by Gasteiger charge is -2.59. The van der Waals surface area contributed by atoms with Crippen LogP contribution in [0.25, 0.3) is 0 Å². The Hall–Kier alpha value is -1.39. The van der Waals surface area contributed by atoms with Crippen LogP contribution in [0.1, 0.15) is 98.9 Å². The minimum absolute atomic E-state index is 0. The van der Waals surface area contributed by atoms with Crippen LogP contribution in [-0.2, 0) is 16.1 Å². The Kier molecular flexibility index (Phi) is 5.76. The van der Waals surface area contributed by atoms with Gasteiger partial charge in [0, 0.05) is 21.4 Å². The highest BCUT2D eigenvalue weighted by atomic mass is 16.5. The van der Waals surface area contributed by atoms with Crippen LogP contribution < -0.4 is 0 Å². The van der Waals surface area contributed by atoms with Gasteiger partial charge in [-0.2, -0.15) is 0 Å². The van der Waals surface area contributed by atoms with Gasteiger partial charge in [-0.15, -0.1) is 0 Å². The van der Waals surface area contributed by atoms with Gasteiger partial charge in [-0.3, -0.25) is 4.79 Å². The number of ether oxygens (including phenoxy) is 1. The van der Waals surface area contributed by atoms with Crippen molar-refractivity contribution in [1.82, 2.24) is 4.90 Å². The number of benzene rings is 1. The standard InChI is InChI=1S/C34H49NO3.H2/c1-22(36)35(19-23-8-6-5-7-9-23)20-24-10-11-26-28(38-24)18-27-25-12-13-29-31(2,3)30(37)14-15-34(29)21-33(25,34)17-16-32(26,27)4;/h5-9,24-30,37H,10-21H2,1-4H3;1H/t24?,25?,26?,27?,28?,29?,30-,32?,33-,34?;/m0./s1. The second-order valence-electron chi connectivity index (χ2n) is 15.3. The molecular weight excluding hydrogens is 470 g/mol. The molecule has 1 amide bonds. The van der Waals surface area contributed by atoms with Crippen LogP contribution in [0.4, 0.5) is 0 Å². The van der Waals surface area contributed by atoms with Gasteiger partial charge in [0.25, 0.3) is 0 Å². The molecule has 1 N–H and O–H groups in total. The molecule has 10 atom stereocenters. The van der Waals surface area contributed by atoms with Crippen molar-refractivity contribution in [3.05, 3.63) is 35.9 Å². The molecule has 5 saturated carbocycles. The van der Waals surface area contributed by atoms with Gasteiger partial charge in [0.05, 0.1) is 18.3 Å². The van der Waals surface area contributed by atoms with Gasteiger partial charge >= 0.3 is 0 Å². The maximum absolute atomic E-state index is 12.5. The Bertz CT molecular complexity index is 1090. The van der Waals surface area contributed by atoms with E-state index < -0.39 is 0 Å². The third kappa shape index (κ3) is 3.44. The lowest BCUT2D eigenvalue weighted by Crippen LogP contribution is -2.54. The van der Waals surface area contributed by atoms with Crippen LogP contribution in [0.3, 0.4) is 0 Å². The largest absolute Gasteiger partial charge is 0.393 e. The van der Waals surface area contributed by atoms with Crippen LogP contribution in [0, 0.1) is 45.3 Å². The zero-order chi connectivity index (χ0) is 26.5. The average molecular weight is 522 g/mol. The number of hydrogen-bond donors (Lipinski definition) is 1. The molecule has 1 aromatic carbocycles. The number of hydrogen-bond acceptors (Lipinski definition) is 3. The quantitative estimate of drug-likeness (QED) is 0.471. The molecule has 210 valence electrons. The predicted molar refractivity (Wildman–Crippen MR) is 151 cm³/mol. The molecule has 0 aromatic heterocycles. The molecule has 6 aliphatic rings. The lowest BCUT2D eigenvalue weighted by molar-refractivity contribution is -0.140. The molecule has 4 nitrogen and oxygen atoms in total. The molecule has 1 saturated heterocycles. The van der Waals surface area contributed by atoms with Crippen molar-refractivity contribution >= 4 is 5.91 Å². The summed E-state index contributed by atoms with van der Waals surface area (Å²) in [6, 6.07) is 10.4. The van der Waals surface area contributed by atoms with Gasteiger partial charge in [-0.1, -0.05) is 51.1 Å². The monoisotopic (exact) mass is 521 g/mol. The maximum Gasteiger partial charge on any atom is 0.219 e. The van der Waals surface area contributed by atoms with Crippen LogP contribution in [0.15, 0.2) is 30.3 Å². The molecule has 1 aliphatic heterocycles. The molecular formula is C34H51NO3. The van der Waals surface area contributed by atoms with Gasteiger partial charge in [0.15, 0.2) is 0 Å². The van der Waals surface area contributed by atoms with Gasteiger partial charge in [-0.05, 0) is 115 Å². The SMILES string of the molecule is CC(=O)N(Cc1ccccc1)CC1CCC2C(CC3C4CCC5C(C)(C)[C@@H](O)CCC56C[C@@]46CCC23C)O1.[HH]. The Morgan fingerprint density at radius 3 is 2.50 bits per heavy atom. The summed E-state index contributed by atoms with van der Waals surface area (Å²) in [6.07, 6.45) is 13.1. The Balaban J connectivity index is 0.00000277. The van der Waals surface area contributed by atoms with E-state index in [4.69, 9.17) is 4.74 Å². The molecule has 5 aliphatic carbocycles. The highest BCUT2D eigenvalue weighted by Crippen LogP contribution is 2.87. The fourth-order valence-electron chi connectivity index (χ4n) is 11.8. The number of amides is 1. The van der Waals surface area contributed by atoms with Crippen molar-refractivity contribution in [3.8, 4) is 0 Å². The van der Waals surface area contributed by atoms with Crippen molar-refractivity contribution in [2.24, 2.45) is 45.3 Å². The number of nitrogens with zero attached hydrogens (tertiary/aromatic N) is 1. The molecule has 0 bridgehead atoms. The van der Waals surface area contributed by atoms with E-state index in [0.717, 1.165) is 24.7 Å². The summed E-state index contributed by atoms with van der Waals surface area (Å²) < 4.78 is 6.94. The summed E-state index contributed by atoms with van der Waals surface area (Å²) in [7, 11) is 0. The third-order valence-corrected chi connectivity index (χ3v) is 13.7. The number of fused-ring (bicyclic) bond motifs is 4. The molecule has 8 unspecified atom stereocenters. The second-order valence-corrected chi connectivity index (χ2v) is 15.3. The predicted octanol–water partition coefficient (Wildman–Crippen LogP) is 6.85. The zero-order valence-corrected chi connectivity index (χ0v) is 24.1. The van der Waals surface area contributed by atoms with E-state index in [-0.39, 0.29) is 25.0 Å². The zero-order valence-electron chi connectivity index (χ0n) is 24.1. The number of rotatable bonds is 4. The van der Waals surface area contributed by atoms with E-state index in [0.29, 0.717) is 47.3 Å². The summed E-state index contributed by atoms with van der Waals surface area (Å²) in [6.45, 7) is 10.4. The van der Waals surface area contributed by atoms with Gasteiger partial charge < -0.3 is 14.7 Å². The smallest absolute Gasteiger partial charge is 0.219 e. The minimum Gasteiger partial charge on any atom is -0.393 e. The first-order valence-corrected chi connectivity index (χ1v) is 15.7. The van der Waals surface area contributed by atoms with Crippen molar-refractivity contribution in [3.63, 3.8) is 0 Å². The number of aliphatic hydroxyl groups is 1.